The second-order valence-corrected chi connectivity index (χ2v) is 4.36. The van der Waals surface area contributed by atoms with Crippen LogP contribution in [0, 0.1) is 19.7 Å². The van der Waals surface area contributed by atoms with Crippen molar-refractivity contribution >= 4 is 5.78 Å². The molecule has 1 aromatic heterocycles. The van der Waals surface area contributed by atoms with E-state index in [4.69, 9.17) is 0 Å². The first-order chi connectivity index (χ1) is 8.58. The number of pyridine rings is 1. The van der Waals surface area contributed by atoms with E-state index in [1.54, 1.807) is 24.5 Å². The molecule has 0 amide bonds. The fourth-order valence-corrected chi connectivity index (χ4v) is 1.91. The van der Waals surface area contributed by atoms with Crippen LogP contribution in [0.5, 0.6) is 0 Å². The van der Waals surface area contributed by atoms with Crippen molar-refractivity contribution in [2.75, 3.05) is 0 Å². The SMILES string of the molecule is Cc1cc(F)ccc1CC(=O)c1ccncc1C. The lowest BCUT2D eigenvalue weighted by atomic mass is 9.98. The summed E-state index contributed by atoms with van der Waals surface area (Å²) >= 11 is 0. The van der Waals surface area contributed by atoms with Crippen LogP contribution in [0.2, 0.25) is 0 Å². The zero-order chi connectivity index (χ0) is 13.1. The Hall–Kier alpha value is -2.03. The third-order valence-electron chi connectivity index (χ3n) is 2.98. The highest BCUT2D eigenvalue weighted by Gasteiger charge is 2.11. The highest BCUT2D eigenvalue weighted by Crippen LogP contribution is 2.15. The van der Waals surface area contributed by atoms with E-state index in [9.17, 15) is 9.18 Å². The Kier molecular flexibility index (Phi) is 3.51. The van der Waals surface area contributed by atoms with Gasteiger partial charge in [0.25, 0.3) is 0 Å². The lowest BCUT2D eigenvalue weighted by molar-refractivity contribution is 0.0992. The van der Waals surface area contributed by atoms with Crippen LogP contribution in [-0.4, -0.2) is 10.8 Å². The van der Waals surface area contributed by atoms with Crippen LogP contribution in [0.1, 0.15) is 27.0 Å². The van der Waals surface area contributed by atoms with Crippen molar-refractivity contribution in [3.05, 3.63) is 64.7 Å². The van der Waals surface area contributed by atoms with Gasteiger partial charge < -0.3 is 0 Å². The molecule has 1 heterocycles. The first kappa shape index (κ1) is 12.4. The molecule has 0 bridgehead atoms. The van der Waals surface area contributed by atoms with Crippen LogP contribution in [-0.2, 0) is 6.42 Å². The number of Topliss-reactive ketones (excluding diaryl/α,β-unsaturated/α-hetero) is 1. The van der Waals surface area contributed by atoms with Crippen molar-refractivity contribution in [3.63, 3.8) is 0 Å². The molecule has 0 saturated carbocycles. The van der Waals surface area contributed by atoms with Gasteiger partial charge in [0, 0.05) is 24.4 Å². The van der Waals surface area contributed by atoms with Crippen molar-refractivity contribution < 1.29 is 9.18 Å². The van der Waals surface area contributed by atoms with Crippen LogP contribution in [0.4, 0.5) is 4.39 Å². The van der Waals surface area contributed by atoms with Crippen molar-refractivity contribution in [3.8, 4) is 0 Å². The van der Waals surface area contributed by atoms with E-state index in [-0.39, 0.29) is 18.0 Å². The molecule has 2 nitrogen and oxygen atoms in total. The molecule has 0 aliphatic carbocycles. The molecule has 0 aliphatic rings. The van der Waals surface area contributed by atoms with E-state index in [0.717, 1.165) is 16.7 Å². The number of carbonyl (C=O) groups is 1. The highest BCUT2D eigenvalue weighted by atomic mass is 19.1. The minimum atomic E-state index is -0.274. The monoisotopic (exact) mass is 243 g/mol. The van der Waals surface area contributed by atoms with Gasteiger partial charge in [-0.05, 0) is 48.7 Å². The van der Waals surface area contributed by atoms with E-state index < -0.39 is 0 Å². The molecule has 92 valence electrons. The molecule has 2 aromatic rings. The summed E-state index contributed by atoms with van der Waals surface area (Å²) in [6.45, 7) is 3.67. The zero-order valence-electron chi connectivity index (χ0n) is 10.4. The summed E-state index contributed by atoms with van der Waals surface area (Å²) in [6, 6.07) is 6.21. The van der Waals surface area contributed by atoms with E-state index in [1.165, 1.54) is 12.1 Å². The largest absolute Gasteiger partial charge is 0.294 e. The van der Waals surface area contributed by atoms with Crippen molar-refractivity contribution in [2.24, 2.45) is 0 Å². The Balaban J connectivity index is 2.24. The van der Waals surface area contributed by atoms with Crippen LogP contribution in [0.15, 0.2) is 36.7 Å². The summed E-state index contributed by atoms with van der Waals surface area (Å²) in [7, 11) is 0. The molecule has 1 aromatic carbocycles. The summed E-state index contributed by atoms with van der Waals surface area (Å²) in [5, 5.41) is 0. The molecule has 0 radical (unpaired) electrons. The topological polar surface area (TPSA) is 30.0 Å². The standard InChI is InChI=1S/C15H14FNO/c1-10-7-13(16)4-3-12(10)8-15(18)14-5-6-17-9-11(14)2/h3-7,9H,8H2,1-2H3. The van der Waals surface area contributed by atoms with Crippen LogP contribution >= 0.6 is 0 Å². The van der Waals surface area contributed by atoms with Crippen molar-refractivity contribution in [2.45, 2.75) is 20.3 Å². The first-order valence-electron chi connectivity index (χ1n) is 5.77. The number of nitrogens with zero attached hydrogens (tertiary/aromatic N) is 1. The van der Waals surface area contributed by atoms with Gasteiger partial charge in [-0.1, -0.05) is 6.07 Å². The van der Waals surface area contributed by atoms with Gasteiger partial charge in [0.2, 0.25) is 0 Å². The number of aromatic nitrogens is 1. The molecule has 0 unspecified atom stereocenters. The predicted octanol–water partition coefficient (Wildman–Crippen LogP) is 3.26. The Morgan fingerprint density at radius 1 is 1.22 bits per heavy atom. The van der Waals surface area contributed by atoms with Crippen LogP contribution in [0.25, 0.3) is 0 Å². The number of halogens is 1. The normalized spacial score (nSPS) is 10.4. The molecular formula is C15H14FNO. The minimum Gasteiger partial charge on any atom is -0.294 e. The maximum absolute atomic E-state index is 13.0. The molecule has 3 heteroatoms. The number of rotatable bonds is 3. The number of carbonyl (C=O) groups excluding carboxylic acids is 1. The smallest absolute Gasteiger partial charge is 0.167 e. The molecule has 0 aliphatic heterocycles. The Morgan fingerprint density at radius 3 is 2.67 bits per heavy atom. The number of ketones is 1. The quantitative estimate of drug-likeness (QED) is 0.774. The van der Waals surface area contributed by atoms with Crippen molar-refractivity contribution in [1.29, 1.82) is 0 Å². The first-order valence-corrected chi connectivity index (χ1v) is 5.77. The zero-order valence-corrected chi connectivity index (χ0v) is 10.4. The van der Waals surface area contributed by atoms with Gasteiger partial charge in [-0.2, -0.15) is 0 Å². The number of hydrogen-bond acceptors (Lipinski definition) is 2. The molecule has 0 atom stereocenters. The number of benzene rings is 1. The average molecular weight is 243 g/mol. The maximum atomic E-state index is 13.0. The Morgan fingerprint density at radius 2 is 2.00 bits per heavy atom. The van der Waals surface area contributed by atoms with Gasteiger partial charge in [-0.15, -0.1) is 0 Å². The van der Waals surface area contributed by atoms with Crippen molar-refractivity contribution in [1.82, 2.24) is 4.98 Å². The highest BCUT2D eigenvalue weighted by molar-refractivity contribution is 5.98. The van der Waals surface area contributed by atoms with E-state index in [2.05, 4.69) is 4.98 Å². The summed E-state index contributed by atoms with van der Waals surface area (Å²) < 4.78 is 13.0. The molecule has 0 spiro atoms. The van der Waals surface area contributed by atoms with Crippen LogP contribution in [0.3, 0.4) is 0 Å². The molecule has 2 rings (SSSR count). The fraction of sp³-hybridized carbons (Fsp3) is 0.200. The van der Waals surface area contributed by atoms with Gasteiger partial charge in [0.15, 0.2) is 5.78 Å². The van der Waals surface area contributed by atoms with Gasteiger partial charge in [-0.3, -0.25) is 9.78 Å². The van der Waals surface area contributed by atoms with E-state index in [0.29, 0.717) is 5.56 Å². The molecular weight excluding hydrogens is 229 g/mol. The molecule has 0 saturated heterocycles. The van der Waals surface area contributed by atoms with Gasteiger partial charge >= 0.3 is 0 Å². The van der Waals surface area contributed by atoms with E-state index in [1.807, 2.05) is 13.8 Å². The summed E-state index contributed by atoms with van der Waals surface area (Å²) in [5.41, 5.74) is 3.20. The number of hydrogen-bond donors (Lipinski definition) is 0. The fourth-order valence-electron chi connectivity index (χ4n) is 1.91. The maximum Gasteiger partial charge on any atom is 0.167 e. The van der Waals surface area contributed by atoms with Gasteiger partial charge in [0.05, 0.1) is 0 Å². The van der Waals surface area contributed by atoms with Gasteiger partial charge in [0.1, 0.15) is 5.82 Å². The molecule has 0 fully saturated rings. The summed E-state index contributed by atoms with van der Waals surface area (Å²) in [6.07, 6.45) is 3.57. The second-order valence-electron chi connectivity index (χ2n) is 4.36. The predicted molar refractivity (Wildman–Crippen MR) is 68.1 cm³/mol. The van der Waals surface area contributed by atoms with Gasteiger partial charge in [-0.25, -0.2) is 4.39 Å². The summed E-state index contributed by atoms with van der Waals surface area (Å²) in [4.78, 5) is 16.1. The lowest BCUT2D eigenvalue weighted by Gasteiger charge is -2.07. The summed E-state index contributed by atoms with van der Waals surface area (Å²) in [5.74, 6) is -0.242. The third kappa shape index (κ3) is 2.62. The van der Waals surface area contributed by atoms with E-state index >= 15 is 0 Å². The molecule has 0 N–H and O–H groups in total. The molecule has 18 heavy (non-hydrogen) atoms. The third-order valence-corrected chi connectivity index (χ3v) is 2.98. The lowest BCUT2D eigenvalue weighted by Crippen LogP contribution is -2.07. The number of aryl methyl sites for hydroxylation is 2. The minimum absolute atomic E-state index is 0.0320. The Labute approximate surface area is 105 Å². The van der Waals surface area contributed by atoms with Crippen LogP contribution < -0.4 is 0 Å². The average Bonchev–Trinajstić information content (AvgIpc) is 2.33. The Bertz CT molecular complexity index is 593. The second kappa shape index (κ2) is 5.08.